The lowest BCUT2D eigenvalue weighted by Gasteiger charge is -2.27. The molecule has 0 bridgehead atoms. The number of hydrogen-bond acceptors (Lipinski definition) is 6. The van der Waals surface area contributed by atoms with Crippen LogP contribution in [0.15, 0.2) is 40.3 Å². The van der Waals surface area contributed by atoms with Gasteiger partial charge in [-0.3, -0.25) is 14.9 Å². The molecule has 0 atom stereocenters. The van der Waals surface area contributed by atoms with E-state index in [2.05, 4.69) is 5.32 Å². The molecule has 2 aromatic rings. The average molecular weight is 395 g/mol. The summed E-state index contributed by atoms with van der Waals surface area (Å²) < 4.78 is 11.1. The topological polar surface area (TPSA) is 92.1 Å². The van der Waals surface area contributed by atoms with E-state index in [9.17, 15) is 14.4 Å². The molecule has 0 unspecified atom stereocenters. The molecule has 0 aliphatic carbocycles. The number of rotatable bonds is 3. The molecular formula is C21H21N3O5. The van der Waals surface area contributed by atoms with Gasteiger partial charge in [0.15, 0.2) is 5.88 Å². The third-order valence-corrected chi connectivity index (χ3v) is 5.07. The van der Waals surface area contributed by atoms with E-state index >= 15 is 0 Å². The quantitative estimate of drug-likeness (QED) is 0.634. The van der Waals surface area contributed by atoms with Crippen LogP contribution in [0.25, 0.3) is 6.08 Å². The van der Waals surface area contributed by atoms with Crippen molar-refractivity contribution >= 4 is 35.5 Å². The molecule has 4 amide bonds. The smallest absolute Gasteiger partial charge is 0.335 e. The van der Waals surface area contributed by atoms with Crippen molar-refractivity contribution in [2.75, 3.05) is 36.1 Å². The van der Waals surface area contributed by atoms with Crippen molar-refractivity contribution < 1.29 is 23.5 Å². The predicted octanol–water partition coefficient (Wildman–Crippen LogP) is 2.40. The molecule has 4 rings (SSSR count). The monoisotopic (exact) mass is 395 g/mol. The highest BCUT2D eigenvalue weighted by Gasteiger charge is 2.37. The number of urea groups is 1. The molecule has 1 N–H and O–H groups in total. The molecule has 3 heterocycles. The number of barbiturate groups is 1. The summed E-state index contributed by atoms with van der Waals surface area (Å²) in [6, 6.07) is 7.95. The van der Waals surface area contributed by atoms with Gasteiger partial charge in [-0.2, -0.15) is 0 Å². The number of imide groups is 2. The number of carbonyl (C=O) groups is 3. The summed E-state index contributed by atoms with van der Waals surface area (Å²) in [5.41, 5.74) is 2.22. The normalized spacial score (nSPS) is 19.1. The van der Waals surface area contributed by atoms with Gasteiger partial charge in [0.2, 0.25) is 0 Å². The number of nitrogens with zero attached hydrogens (tertiary/aromatic N) is 2. The molecule has 2 aliphatic rings. The number of morpholine rings is 1. The lowest BCUT2D eigenvalue weighted by atomic mass is 10.1. The fourth-order valence-electron chi connectivity index (χ4n) is 3.27. The number of ether oxygens (including phenoxy) is 1. The maximum Gasteiger partial charge on any atom is 0.335 e. The number of benzene rings is 1. The second-order valence-electron chi connectivity index (χ2n) is 7.00. The van der Waals surface area contributed by atoms with E-state index < -0.39 is 17.8 Å². The summed E-state index contributed by atoms with van der Waals surface area (Å²) in [4.78, 5) is 40.6. The molecule has 2 aliphatic heterocycles. The Hall–Kier alpha value is -3.39. The highest BCUT2D eigenvalue weighted by atomic mass is 16.5. The van der Waals surface area contributed by atoms with Gasteiger partial charge in [0.1, 0.15) is 11.3 Å². The number of anilines is 2. The van der Waals surface area contributed by atoms with E-state index in [4.69, 9.17) is 9.15 Å². The third kappa shape index (κ3) is 3.66. The minimum Gasteiger partial charge on any atom is -0.441 e. The summed E-state index contributed by atoms with van der Waals surface area (Å²) in [6.45, 7) is 6.48. The van der Waals surface area contributed by atoms with Crippen molar-refractivity contribution in [2.24, 2.45) is 0 Å². The van der Waals surface area contributed by atoms with E-state index in [0.717, 1.165) is 16.0 Å². The molecule has 0 saturated carbocycles. The molecular weight excluding hydrogens is 374 g/mol. The Kier molecular flexibility index (Phi) is 4.94. The van der Waals surface area contributed by atoms with Crippen LogP contribution in [0, 0.1) is 13.8 Å². The molecule has 2 saturated heterocycles. The summed E-state index contributed by atoms with van der Waals surface area (Å²) >= 11 is 0. The maximum atomic E-state index is 13.0. The van der Waals surface area contributed by atoms with Gasteiger partial charge in [-0.25, -0.2) is 9.69 Å². The van der Waals surface area contributed by atoms with E-state index in [1.807, 2.05) is 24.8 Å². The van der Waals surface area contributed by atoms with E-state index in [1.165, 1.54) is 6.08 Å². The van der Waals surface area contributed by atoms with Crippen molar-refractivity contribution in [3.8, 4) is 0 Å². The molecule has 0 spiro atoms. The molecule has 2 fully saturated rings. The van der Waals surface area contributed by atoms with Gasteiger partial charge in [-0.05, 0) is 49.2 Å². The summed E-state index contributed by atoms with van der Waals surface area (Å²) in [7, 11) is 0. The van der Waals surface area contributed by atoms with Crippen LogP contribution in [0.1, 0.15) is 16.9 Å². The van der Waals surface area contributed by atoms with Crippen LogP contribution >= 0.6 is 0 Å². The van der Waals surface area contributed by atoms with E-state index in [0.29, 0.717) is 43.6 Å². The Morgan fingerprint density at radius 3 is 2.48 bits per heavy atom. The van der Waals surface area contributed by atoms with Gasteiger partial charge in [0, 0.05) is 19.2 Å². The van der Waals surface area contributed by atoms with Crippen LogP contribution in [0.4, 0.5) is 16.4 Å². The van der Waals surface area contributed by atoms with E-state index in [1.54, 1.807) is 24.3 Å². The Bertz CT molecular complexity index is 1020. The van der Waals surface area contributed by atoms with Gasteiger partial charge >= 0.3 is 6.03 Å². The Balaban J connectivity index is 1.63. The fourth-order valence-corrected chi connectivity index (χ4v) is 3.27. The highest BCUT2D eigenvalue weighted by Crippen LogP contribution is 2.26. The van der Waals surface area contributed by atoms with Crippen LogP contribution in [0.2, 0.25) is 0 Å². The van der Waals surface area contributed by atoms with Crippen molar-refractivity contribution in [3.05, 3.63) is 52.8 Å². The number of furan rings is 1. The second-order valence-corrected chi connectivity index (χ2v) is 7.00. The maximum absolute atomic E-state index is 13.0. The zero-order chi connectivity index (χ0) is 20.5. The van der Waals surface area contributed by atoms with Crippen molar-refractivity contribution in [2.45, 2.75) is 13.8 Å². The lowest BCUT2D eigenvalue weighted by molar-refractivity contribution is -0.122. The van der Waals surface area contributed by atoms with Crippen molar-refractivity contribution in [1.82, 2.24) is 5.32 Å². The van der Waals surface area contributed by atoms with Crippen molar-refractivity contribution in [3.63, 3.8) is 0 Å². The Labute approximate surface area is 167 Å². The zero-order valence-corrected chi connectivity index (χ0v) is 16.2. The molecule has 1 aromatic heterocycles. The molecule has 29 heavy (non-hydrogen) atoms. The largest absolute Gasteiger partial charge is 0.441 e. The standard InChI is InChI=1S/C21H21N3O5/c1-13-3-4-15(11-14(13)2)24-20(26)17(19(25)22-21(24)27)12-16-5-6-18(29-16)23-7-9-28-10-8-23/h3-6,11-12H,7-10H2,1-2H3,(H,22,25,27). The molecule has 1 aromatic carbocycles. The Morgan fingerprint density at radius 2 is 1.76 bits per heavy atom. The summed E-state index contributed by atoms with van der Waals surface area (Å²) in [6.07, 6.45) is 1.36. The zero-order valence-electron chi connectivity index (χ0n) is 16.2. The predicted molar refractivity (Wildman–Crippen MR) is 107 cm³/mol. The van der Waals surface area contributed by atoms with Gasteiger partial charge in [0.05, 0.1) is 18.9 Å². The first-order valence-electron chi connectivity index (χ1n) is 9.35. The number of nitrogens with one attached hydrogen (secondary N) is 1. The molecule has 150 valence electrons. The minimum atomic E-state index is -0.770. The summed E-state index contributed by atoms with van der Waals surface area (Å²) in [5.74, 6) is -0.430. The second kappa shape index (κ2) is 7.56. The molecule has 0 radical (unpaired) electrons. The minimum absolute atomic E-state index is 0.161. The van der Waals surface area contributed by atoms with E-state index in [-0.39, 0.29) is 5.57 Å². The van der Waals surface area contributed by atoms with Crippen LogP contribution in [-0.4, -0.2) is 44.1 Å². The first-order chi connectivity index (χ1) is 13.9. The molecule has 8 nitrogen and oxygen atoms in total. The molecule has 8 heteroatoms. The van der Waals surface area contributed by atoms with Gasteiger partial charge in [-0.1, -0.05) is 6.07 Å². The third-order valence-electron chi connectivity index (χ3n) is 5.07. The van der Waals surface area contributed by atoms with Crippen LogP contribution in [0.3, 0.4) is 0 Å². The van der Waals surface area contributed by atoms with Crippen LogP contribution in [-0.2, 0) is 14.3 Å². The van der Waals surface area contributed by atoms with Crippen LogP contribution < -0.4 is 15.1 Å². The SMILES string of the molecule is Cc1ccc(N2C(=O)NC(=O)C(=Cc3ccc(N4CCOCC4)o3)C2=O)cc1C. The fraction of sp³-hybridized carbons (Fsp3) is 0.286. The number of amides is 4. The number of aryl methyl sites for hydroxylation is 2. The van der Waals surface area contributed by atoms with Crippen LogP contribution in [0.5, 0.6) is 0 Å². The highest BCUT2D eigenvalue weighted by molar-refractivity contribution is 6.39. The van der Waals surface area contributed by atoms with Gasteiger partial charge in [-0.15, -0.1) is 0 Å². The first kappa shape index (κ1) is 18.9. The average Bonchev–Trinajstić information content (AvgIpc) is 3.17. The van der Waals surface area contributed by atoms with Crippen molar-refractivity contribution in [1.29, 1.82) is 0 Å². The first-order valence-corrected chi connectivity index (χ1v) is 9.35. The summed E-state index contributed by atoms with van der Waals surface area (Å²) in [5, 5.41) is 2.22. The number of hydrogen-bond donors (Lipinski definition) is 1. The number of carbonyl (C=O) groups excluding carboxylic acids is 3. The Morgan fingerprint density at radius 1 is 1.00 bits per heavy atom. The lowest BCUT2D eigenvalue weighted by Crippen LogP contribution is -2.54. The van der Waals surface area contributed by atoms with Gasteiger partial charge < -0.3 is 14.1 Å². The van der Waals surface area contributed by atoms with Gasteiger partial charge in [0.25, 0.3) is 11.8 Å².